The second-order valence-corrected chi connectivity index (χ2v) is 4.74. The first-order valence-electron chi connectivity index (χ1n) is 6.27. The predicted molar refractivity (Wildman–Crippen MR) is 72.2 cm³/mol. The van der Waals surface area contributed by atoms with Crippen LogP contribution in [0.3, 0.4) is 0 Å². The topological polar surface area (TPSA) is 58.4 Å². The van der Waals surface area contributed by atoms with Gasteiger partial charge in [0, 0.05) is 12.1 Å². The molecule has 4 nitrogen and oxygen atoms in total. The summed E-state index contributed by atoms with van der Waals surface area (Å²) in [7, 11) is 1.34. The Morgan fingerprint density at radius 3 is 2.62 bits per heavy atom. The Bertz CT molecular complexity index is 491. The van der Waals surface area contributed by atoms with Crippen LogP contribution in [0.4, 0.5) is 28.9 Å². The van der Waals surface area contributed by atoms with Crippen LogP contribution in [-0.4, -0.2) is 37.1 Å². The van der Waals surface area contributed by atoms with Gasteiger partial charge in [-0.2, -0.15) is 13.2 Å². The number of carbonyl (C=O) groups excluding carboxylic acids is 1. The van der Waals surface area contributed by atoms with Gasteiger partial charge in [-0.25, -0.2) is 4.39 Å². The summed E-state index contributed by atoms with van der Waals surface area (Å²) in [6, 6.07) is 3.77. The highest BCUT2D eigenvalue weighted by atomic mass is 19.4. The molecule has 0 spiro atoms. The summed E-state index contributed by atoms with van der Waals surface area (Å²) < 4.78 is 49.2. The zero-order valence-corrected chi connectivity index (χ0v) is 11.5. The predicted octanol–water partition coefficient (Wildman–Crippen LogP) is 2.62. The molecule has 0 atom stereocenters. The molecule has 0 bridgehead atoms. The fraction of sp³-hybridized carbons (Fsp3) is 0.462. The van der Waals surface area contributed by atoms with E-state index in [9.17, 15) is 22.4 Å². The molecule has 0 aromatic heterocycles. The number of rotatable bonds is 6. The Balaban J connectivity index is 2.33. The number of nitrogens with two attached hydrogens (primary N) is 1. The van der Waals surface area contributed by atoms with Gasteiger partial charge in [0.2, 0.25) is 5.91 Å². The van der Waals surface area contributed by atoms with Crippen molar-refractivity contribution in [2.75, 3.05) is 31.2 Å². The molecule has 3 N–H and O–H groups in total. The number of anilines is 2. The number of hydrogen-bond acceptors (Lipinski definition) is 3. The lowest BCUT2D eigenvalue weighted by atomic mass is 10.2. The van der Waals surface area contributed by atoms with E-state index in [1.807, 2.05) is 0 Å². The smallest absolute Gasteiger partial charge is 0.396 e. The van der Waals surface area contributed by atoms with Crippen LogP contribution in [0.15, 0.2) is 18.2 Å². The molecule has 0 radical (unpaired) electrons. The van der Waals surface area contributed by atoms with Gasteiger partial charge in [-0.05, 0) is 38.2 Å². The fourth-order valence-electron chi connectivity index (χ4n) is 1.74. The second kappa shape index (κ2) is 7.26. The van der Waals surface area contributed by atoms with Gasteiger partial charge in [-0.3, -0.25) is 9.69 Å². The number of benzene rings is 1. The molecule has 0 saturated heterocycles. The van der Waals surface area contributed by atoms with Gasteiger partial charge in [-0.15, -0.1) is 0 Å². The lowest BCUT2D eigenvalue weighted by molar-refractivity contribution is -0.143. The molecule has 118 valence electrons. The average molecular weight is 307 g/mol. The van der Waals surface area contributed by atoms with Crippen molar-refractivity contribution in [3.63, 3.8) is 0 Å². The third kappa shape index (κ3) is 6.94. The molecule has 8 heteroatoms. The number of nitrogen functional groups attached to an aromatic ring is 1. The summed E-state index contributed by atoms with van der Waals surface area (Å²) in [4.78, 5) is 12.7. The Labute approximate surface area is 119 Å². The van der Waals surface area contributed by atoms with Gasteiger partial charge in [0.05, 0.1) is 12.2 Å². The maximum Gasteiger partial charge on any atom is 0.401 e. The van der Waals surface area contributed by atoms with E-state index in [0.29, 0.717) is 5.69 Å². The van der Waals surface area contributed by atoms with Gasteiger partial charge in [0.15, 0.2) is 0 Å². The van der Waals surface area contributed by atoms with Crippen LogP contribution in [0.2, 0.25) is 0 Å². The van der Waals surface area contributed by atoms with E-state index in [1.165, 1.54) is 19.2 Å². The van der Waals surface area contributed by atoms with Gasteiger partial charge in [0.1, 0.15) is 5.82 Å². The van der Waals surface area contributed by atoms with E-state index < -0.39 is 18.5 Å². The van der Waals surface area contributed by atoms with Crippen LogP contribution >= 0.6 is 0 Å². The summed E-state index contributed by atoms with van der Waals surface area (Å²) in [5.41, 5.74) is 5.62. The molecule has 0 aliphatic rings. The third-order valence-electron chi connectivity index (χ3n) is 2.67. The first-order chi connectivity index (χ1) is 9.67. The van der Waals surface area contributed by atoms with Crippen LogP contribution in [0, 0.1) is 5.82 Å². The van der Waals surface area contributed by atoms with Gasteiger partial charge >= 0.3 is 6.18 Å². The van der Waals surface area contributed by atoms with E-state index in [1.54, 1.807) is 0 Å². The third-order valence-corrected chi connectivity index (χ3v) is 2.67. The number of amides is 1. The van der Waals surface area contributed by atoms with Crippen molar-refractivity contribution in [3.05, 3.63) is 24.0 Å². The molecule has 21 heavy (non-hydrogen) atoms. The molecular formula is C13H17F4N3O. The van der Waals surface area contributed by atoms with Gasteiger partial charge in [0.25, 0.3) is 0 Å². The van der Waals surface area contributed by atoms with Crippen molar-refractivity contribution in [1.29, 1.82) is 0 Å². The molecule has 1 amide bonds. The summed E-state index contributed by atoms with van der Waals surface area (Å²) >= 11 is 0. The second-order valence-electron chi connectivity index (χ2n) is 4.74. The number of nitrogens with one attached hydrogen (secondary N) is 1. The monoisotopic (exact) mass is 307 g/mol. The number of alkyl halides is 3. The van der Waals surface area contributed by atoms with Crippen molar-refractivity contribution in [3.8, 4) is 0 Å². The van der Waals surface area contributed by atoms with Crippen LogP contribution in [0.5, 0.6) is 0 Å². The summed E-state index contributed by atoms with van der Waals surface area (Å²) in [5, 5.41) is 2.51. The van der Waals surface area contributed by atoms with E-state index in [2.05, 4.69) is 5.32 Å². The zero-order valence-electron chi connectivity index (χ0n) is 11.5. The minimum atomic E-state index is -4.25. The molecule has 0 aliphatic carbocycles. The van der Waals surface area contributed by atoms with Gasteiger partial charge in [-0.1, -0.05) is 0 Å². The van der Waals surface area contributed by atoms with Crippen LogP contribution in [0.25, 0.3) is 0 Å². The number of carbonyl (C=O) groups is 1. The quantitative estimate of drug-likeness (QED) is 0.627. The van der Waals surface area contributed by atoms with Crippen LogP contribution < -0.4 is 11.1 Å². The standard InChI is InChI=1S/C13H17F4N3O/c1-20(8-13(15,16)17)6-2-3-12(21)19-9-4-5-10(14)11(18)7-9/h4-5,7H,2-3,6,8,18H2,1H3,(H,19,21). The zero-order chi connectivity index (χ0) is 16.0. The maximum atomic E-state index is 12.9. The first-order valence-corrected chi connectivity index (χ1v) is 6.27. The average Bonchev–Trinajstić information content (AvgIpc) is 2.31. The molecule has 0 fully saturated rings. The lowest BCUT2D eigenvalue weighted by Gasteiger charge is -2.18. The van der Waals surface area contributed by atoms with Crippen molar-refractivity contribution in [2.45, 2.75) is 19.0 Å². The molecule has 0 saturated carbocycles. The SMILES string of the molecule is CN(CCCC(=O)Nc1ccc(F)c(N)c1)CC(F)(F)F. The maximum absolute atomic E-state index is 12.9. The molecule has 0 unspecified atom stereocenters. The minimum absolute atomic E-state index is 0.0689. The van der Waals surface area contributed by atoms with Gasteiger partial charge < -0.3 is 11.1 Å². The summed E-state index contributed by atoms with van der Waals surface area (Å²) in [5.74, 6) is -0.941. The summed E-state index contributed by atoms with van der Waals surface area (Å²) in [6.07, 6.45) is -3.89. The van der Waals surface area contributed by atoms with E-state index in [4.69, 9.17) is 5.73 Å². The van der Waals surface area contributed by atoms with E-state index >= 15 is 0 Å². The van der Waals surface area contributed by atoms with E-state index in [-0.39, 0.29) is 31.0 Å². The molecule has 0 aliphatic heterocycles. The molecular weight excluding hydrogens is 290 g/mol. The summed E-state index contributed by atoms with van der Waals surface area (Å²) in [6.45, 7) is -0.860. The number of nitrogens with zero attached hydrogens (tertiary/aromatic N) is 1. The number of hydrogen-bond donors (Lipinski definition) is 2. The first kappa shape index (κ1) is 17.2. The van der Waals surface area contributed by atoms with Crippen molar-refractivity contribution < 1.29 is 22.4 Å². The Kier molecular flexibility index (Phi) is 5.95. The Morgan fingerprint density at radius 2 is 2.05 bits per heavy atom. The molecule has 1 aromatic carbocycles. The Hall–Kier alpha value is -1.83. The highest BCUT2D eigenvalue weighted by Crippen LogP contribution is 2.17. The van der Waals surface area contributed by atoms with Crippen LogP contribution in [-0.2, 0) is 4.79 Å². The van der Waals surface area contributed by atoms with Crippen molar-refractivity contribution >= 4 is 17.3 Å². The minimum Gasteiger partial charge on any atom is -0.396 e. The Morgan fingerprint density at radius 1 is 1.38 bits per heavy atom. The number of halogens is 4. The lowest BCUT2D eigenvalue weighted by Crippen LogP contribution is -2.32. The molecule has 0 heterocycles. The molecule has 1 aromatic rings. The van der Waals surface area contributed by atoms with E-state index in [0.717, 1.165) is 11.0 Å². The highest BCUT2D eigenvalue weighted by Gasteiger charge is 2.28. The highest BCUT2D eigenvalue weighted by molar-refractivity contribution is 5.91. The largest absolute Gasteiger partial charge is 0.401 e. The normalized spacial score (nSPS) is 11.7. The van der Waals surface area contributed by atoms with Crippen LogP contribution in [0.1, 0.15) is 12.8 Å². The molecule has 1 rings (SSSR count). The fourth-order valence-corrected chi connectivity index (χ4v) is 1.74. The van der Waals surface area contributed by atoms with Crippen molar-refractivity contribution in [2.24, 2.45) is 0 Å². The van der Waals surface area contributed by atoms with Crippen molar-refractivity contribution in [1.82, 2.24) is 4.90 Å².